The van der Waals surface area contributed by atoms with Gasteiger partial charge in [-0.1, -0.05) is 0 Å². The highest BCUT2D eigenvalue weighted by Crippen LogP contribution is 2.40. The van der Waals surface area contributed by atoms with Crippen LogP contribution < -0.4 is 5.56 Å². The molecule has 0 radical (unpaired) electrons. The van der Waals surface area contributed by atoms with Gasteiger partial charge in [-0.3, -0.25) is 4.79 Å². The highest BCUT2D eigenvalue weighted by molar-refractivity contribution is 5.08. The first-order valence-electron chi connectivity index (χ1n) is 5.29. The van der Waals surface area contributed by atoms with Crippen LogP contribution in [0.1, 0.15) is 30.4 Å². The van der Waals surface area contributed by atoms with Gasteiger partial charge >= 0.3 is 0 Å². The summed E-state index contributed by atoms with van der Waals surface area (Å²) in [7, 11) is 0. The highest BCUT2D eigenvalue weighted by atomic mass is 16.4. The van der Waals surface area contributed by atoms with Gasteiger partial charge < -0.3 is 4.42 Å². The molecule has 82 valence electrons. The fourth-order valence-corrected chi connectivity index (χ4v) is 1.59. The Morgan fingerprint density at radius 1 is 1.50 bits per heavy atom. The molecule has 0 saturated heterocycles. The largest absolute Gasteiger partial charge is 0.443 e. The number of hydrogen-bond donors (Lipinski definition) is 0. The zero-order chi connectivity index (χ0) is 11.0. The lowest BCUT2D eigenvalue weighted by molar-refractivity contribution is 0.428. The van der Waals surface area contributed by atoms with Crippen LogP contribution in [0.4, 0.5) is 0 Å². The summed E-state index contributed by atoms with van der Waals surface area (Å²) in [6.07, 6.45) is 5.68. The fraction of sp³-hybridized carbons (Fsp3) is 0.364. The Labute approximate surface area is 91.7 Å². The van der Waals surface area contributed by atoms with Gasteiger partial charge in [0.15, 0.2) is 0 Å². The summed E-state index contributed by atoms with van der Waals surface area (Å²) >= 11 is 0. The predicted molar refractivity (Wildman–Crippen MR) is 56.1 cm³/mol. The topological polar surface area (TPSA) is 60.9 Å². The predicted octanol–water partition coefficient (Wildman–Crippen LogP) is 1.16. The lowest BCUT2D eigenvalue weighted by atomic mass is 10.3. The van der Waals surface area contributed by atoms with Crippen LogP contribution in [-0.2, 0) is 6.54 Å². The van der Waals surface area contributed by atoms with Gasteiger partial charge in [-0.2, -0.15) is 5.10 Å². The minimum absolute atomic E-state index is 0.145. The van der Waals surface area contributed by atoms with E-state index in [1.165, 1.54) is 23.6 Å². The molecule has 1 saturated carbocycles. The van der Waals surface area contributed by atoms with Gasteiger partial charge in [0, 0.05) is 18.2 Å². The molecule has 1 aliphatic rings. The number of aromatic nitrogens is 3. The maximum Gasteiger partial charge on any atom is 0.267 e. The molecule has 0 spiro atoms. The standard InChI is InChI=1S/C11H11N3O2/c15-11-2-1-5-13-14(11)7-10-12-6-9(16-10)8-3-4-8/h1-2,5-6,8H,3-4,7H2. The van der Waals surface area contributed by atoms with Crippen molar-refractivity contribution in [1.82, 2.24) is 14.8 Å². The van der Waals surface area contributed by atoms with Crippen LogP contribution in [0, 0.1) is 0 Å². The van der Waals surface area contributed by atoms with Crippen LogP contribution in [0.2, 0.25) is 0 Å². The van der Waals surface area contributed by atoms with E-state index in [-0.39, 0.29) is 5.56 Å². The van der Waals surface area contributed by atoms with Crippen LogP contribution in [0.15, 0.2) is 33.7 Å². The Morgan fingerprint density at radius 3 is 3.12 bits per heavy atom. The molecular formula is C11H11N3O2. The molecule has 0 amide bonds. The van der Waals surface area contributed by atoms with Crippen molar-refractivity contribution in [1.29, 1.82) is 0 Å². The first-order valence-corrected chi connectivity index (χ1v) is 5.29. The van der Waals surface area contributed by atoms with E-state index >= 15 is 0 Å². The maximum atomic E-state index is 11.4. The van der Waals surface area contributed by atoms with Crippen molar-refractivity contribution in [2.75, 3.05) is 0 Å². The summed E-state index contributed by atoms with van der Waals surface area (Å²) in [4.78, 5) is 15.6. The molecule has 0 bridgehead atoms. The number of hydrogen-bond acceptors (Lipinski definition) is 4. The molecule has 0 aromatic carbocycles. The van der Waals surface area contributed by atoms with Crippen LogP contribution in [0.3, 0.4) is 0 Å². The Bertz CT molecular complexity index is 554. The minimum atomic E-state index is -0.145. The van der Waals surface area contributed by atoms with Crippen LogP contribution in [-0.4, -0.2) is 14.8 Å². The van der Waals surface area contributed by atoms with E-state index in [0.717, 1.165) is 5.76 Å². The number of oxazole rings is 1. The molecule has 3 rings (SSSR count). The number of nitrogens with zero attached hydrogens (tertiary/aromatic N) is 3. The van der Waals surface area contributed by atoms with E-state index in [9.17, 15) is 4.79 Å². The summed E-state index contributed by atoms with van der Waals surface area (Å²) in [5, 5.41) is 3.95. The summed E-state index contributed by atoms with van der Waals surface area (Å²) < 4.78 is 6.89. The summed E-state index contributed by atoms with van der Waals surface area (Å²) in [6.45, 7) is 0.298. The van der Waals surface area contributed by atoms with E-state index in [1.807, 2.05) is 0 Å². The molecule has 0 unspecified atom stereocenters. The average Bonchev–Trinajstić information content (AvgIpc) is 3.03. The van der Waals surface area contributed by atoms with Gasteiger partial charge in [-0.25, -0.2) is 9.67 Å². The van der Waals surface area contributed by atoms with Gasteiger partial charge in [-0.05, 0) is 18.9 Å². The van der Waals surface area contributed by atoms with Crippen molar-refractivity contribution < 1.29 is 4.42 Å². The molecule has 2 heterocycles. The normalized spacial score (nSPS) is 15.2. The van der Waals surface area contributed by atoms with Gasteiger partial charge in [0.1, 0.15) is 12.3 Å². The second-order valence-corrected chi connectivity index (χ2v) is 3.95. The lowest BCUT2D eigenvalue weighted by Gasteiger charge is -1.98. The van der Waals surface area contributed by atoms with Gasteiger partial charge in [0.25, 0.3) is 5.56 Å². The lowest BCUT2D eigenvalue weighted by Crippen LogP contribution is -2.21. The molecule has 5 nitrogen and oxygen atoms in total. The molecule has 1 fully saturated rings. The van der Waals surface area contributed by atoms with E-state index < -0.39 is 0 Å². The average molecular weight is 217 g/mol. The van der Waals surface area contributed by atoms with E-state index in [0.29, 0.717) is 18.4 Å². The fourth-order valence-electron chi connectivity index (χ4n) is 1.59. The summed E-state index contributed by atoms with van der Waals surface area (Å²) in [6, 6.07) is 3.09. The molecule has 2 aromatic heterocycles. The van der Waals surface area contributed by atoms with E-state index in [1.54, 1.807) is 18.5 Å². The number of rotatable bonds is 3. The zero-order valence-corrected chi connectivity index (χ0v) is 8.67. The van der Waals surface area contributed by atoms with Crippen molar-refractivity contribution >= 4 is 0 Å². The molecular weight excluding hydrogens is 206 g/mol. The third-order valence-corrected chi connectivity index (χ3v) is 2.62. The molecule has 16 heavy (non-hydrogen) atoms. The molecule has 0 aliphatic heterocycles. The van der Waals surface area contributed by atoms with E-state index in [4.69, 9.17) is 4.42 Å². The Morgan fingerprint density at radius 2 is 2.38 bits per heavy atom. The molecule has 5 heteroatoms. The second kappa shape index (κ2) is 3.59. The van der Waals surface area contributed by atoms with Gasteiger partial charge in [-0.15, -0.1) is 0 Å². The third kappa shape index (κ3) is 1.76. The smallest absolute Gasteiger partial charge is 0.267 e. The second-order valence-electron chi connectivity index (χ2n) is 3.95. The Balaban J connectivity index is 1.83. The molecule has 2 aromatic rings. The Hall–Kier alpha value is -1.91. The Kier molecular flexibility index (Phi) is 2.09. The molecule has 0 atom stereocenters. The zero-order valence-electron chi connectivity index (χ0n) is 8.67. The van der Waals surface area contributed by atoms with Crippen molar-refractivity contribution in [3.05, 3.63) is 46.5 Å². The van der Waals surface area contributed by atoms with Crippen molar-refractivity contribution in [3.63, 3.8) is 0 Å². The third-order valence-electron chi connectivity index (χ3n) is 2.62. The molecule has 0 N–H and O–H groups in total. The quantitative estimate of drug-likeness (QED) is 0.773. The van der Waals surface area contributed by atoms with Crippen molar-refractivity contribution in [2.45, 2.75) is 25.3 Å². The first-order chi connectivity index (χ1) is 7.83. The SMILES string of the molecule is O=c1cccnn1Cc1ncc(C2CC2)o1. The summed E-state index contributed by atoms with van der Waals surface area (Å²) in [5.74, 6) is 2.02. The maximum absolute atomic E-state index is 11.4. The first kappa shape index (κ1) is 9.33. The van der Waals surface area contributed by atoms with Gasteiger partial charge in [0.05, 0.1) is 6.20 Å². The monoisotopic (exact) mass is 217 g/mol. The summed E-state index contributed by atoms with van der Waals surface area (Å²) in [5.41, 5.74) is -0.145. The van der Waals surface area contributed by atoms with E-state index in [2.05, 4.69) is 10.1 Å². The highest BCUT2D eigenvalue weighted by Gasteiger charge is 2.27. The van der Waals surface area contributed by atoms with Crippen molar-refractivity contribution in [3.8, 4) is 0 Å². The van der Waals surface area contributed by atoms with Crippen LogP contribution in [0.5, 0.6) is 0 Å². The van der Waals surface area contributed by atoms with Gasteiger partial charge in [0.2, 0.25) is 5.89 Å². The molecule has 1 aliphatic carbocycles. The minimum Gasteiger partial charge on any atom is -0.443 e. The van der Waals surface area contributed by atoms with Crippen molar-refractivity contribution in [2.24, 2.45) is 0 Å². The van der Waals surface area contributed by atoms with Crippen LogP contribution >= 0.6 is 0 Å². The van der Waals surface area contributed by atoms with Crippen LogP contribution in [0.25, 0.3) is 0 Å².